The van der Waals surface area contributed by atoms with E-state index >= 15 is 0 Å². The predicted molar refractivity (Wildman–Crippen MR) is 104 cm³/mol. The molecule has 1 heterocycles. The summed E-state index contributed by atoms with van der Waals surface area (Å²) in [4.78, 5) is 13.5. The first-order valence-electron chi connectivity index (χ1n) is 9.54. The lowest BCUT2D eigenvalue weighted by Gasteiger charge is -2.41. The van der Waals surface area contributed by atoms with Gasteiger partial charge in [0.15, 0.2) is 22.9 Å². The fourth-order valence-electron chi connectivity index (χ4n) is 5.43. The molecule has 0 saturated heterocycles. The van der Waals surface area contributed by atoms with Gasteiger partial charge in [0.1, 0.15) is 6.10 Å². The van der Waals surface area contributed by atoms with Gasteiger partial charge < -0.3 is 28.8 Å². The van der Waals surface area contributed by atoms with E-state index in [0.29, 0.717) is 23.7 Å². The van der Waals surface area contributed by atoms with Crippen LogP contribution in [0.1, 0.15) is 24.8 Å². The maximum absolute atomic E-state index is 13.5. The lowest BCUT2D eigenvalue weighted by Crippen LogP contribution is -2.57. The minimum Gasteiger partial charge on any atom is -0.493 e. The maximum Gasteiger partial charge on any atom is 0.232 e. The van der Waals surface area contributed by atoms with Crippen molar-refractivity contribution in [2.75, 3.05) is 28.1 Å². The van der Waals surface area contributed by atoms with E-state index in [1.54, 1.807) is 19.3 Å². The lowest BCUT2D eigenvalue weighted by molar-refractivity contribution is -0.162. The molecule has 156 valence electrons. The highest BCUT2D eigenvalue weighted by atomic mass is 16.7. The second-order valence-electron chi connectivity index (χ2n) is 7.77. The number of hydrogen-bond acceptors (Lipinski definition) is 7. The fraction of sp³-hybridized carbons (Fsp3) is 0.500. The van der Waals surface area contributed by atoms with Crippen LogP contribution in [0.2, 0.25) is 0 Å². The van der Waals surface area contributed by atoms with E-state index in [2.05, 4.69) is 6.58 Å². The summed E-state index contributed by atoms with van der Waals surface area (Å²) in [5, 5.41) is 11.5. The van der Waals surface area contributed by atoms with Crippen molar-refractivity contribution >= 4 is 5.78 Å². The van der Waals surface area contributed by atoms with E-state index in [-0.39, 0.29) is 24.3 Å². The number of rotatable bonds is 6. The van der Waals surface area contributed by atoms with Crippen LogP contribution in [0.15, 0.2) is 36.6 Å². The average molecular weight is 402 g/mol. The highest BCUT2D eigenvalue weighted by Crippen LogP contribution is 2.64. The highest BCUT2D eigenvalue weighted by Gasteiger charge is 2.72. The summed E-state index contributed by atoms with van der Waals surface area (Å²) >= 11 is 0. The van der Waals surface area contributed by atoms with Crippen molar-refractivity contribution in [3.63, 3.8) is 0 Å². The predicted octanol–water partition coefficient (Wildman–Crippen LogP) is 2.58. The molecular formula is C22H26O7. The van der Waals surface area contributed by atoms with Gasteiger partial charge in [-0.3, -0.25) is 4.79 Å². The number of Topliss-reactive ketones (excluding diaryl/α,β-unsaturated/α-hetero) is 1. The molecule has 0 aromatic heterocycles. The van der Waals surface area contributed by atoms with E-state index in [1.807, 2.05) is 19.1 Å². The molecule has 1 aromatic rings. The standard InChI is InChI=1S/C22H26O7/c1-6-7-21-10-16(26-4)19(23)22(27-5,20(21)24)17(12(21)2)13-8-14(25-3)18-15(9-13)28-11-29-18/h6,8-10,12,17,20,24H,1,7,11H2,2-5H3/t12-,17+,20?,21-,22+/m0/s1. The summed E-state index contributed by atoms with van der Waals surface area (Å²) in [6.45, 7) is 5.97. The molecule has 1 aromatic carbocycles. The van der Waals surface area contributed by atoms with Crippen molar-refractivity contribution < 1.29 is 33.6 Å². The summed E-state index contributed by atoms with van der Waals surface area (Å²) in [6.07, 6.45) is 2.90. The molecule has 0 radical (unpaired) electrons. The van der Waals surface area contributed by atoms with E-state index in [1.165, 1.54) is 14.2 Å². The zero-order valence-electron chi connectivity index (χ0n) is 17.1. The van der Waals surface area contributed by atoms with E-state index < -0.39 is 23.0 Å². The zero-order chi connectivity index (χ0) is 21.0. The van der Waals surface area contributed by atoms with Crippen molar-refractivity contribution in [1.82, 2.24) is 0 Å². The molecule has 3 aliphatic rings. The number of hydrogen-bond donors (Lipinski definition) is 1. The van der Waals surface area contributed by atoms with Crippen LogP contribution in [0.4, 0.5) is 0 Å². The van der Waals surface area contributed by atoms with Gasteiger partial charge in [-0.2, -0.15) is 0 Å². The second-order valence-corrected chi connectivity index (χ2v) is 7.77. The molecule has 1 aliphatic heterocycles. The molecule has 2 bridgehead atoms. The highest BCUT2D eigenvalue weighted by molar-refractivity contribution is 6.04. The molecule has 7 nitrogen and oxygen atoms in total. The number of methoxy groups -OCH3 is 3. The van der Waals surface area contributed by atoms with Gasteiger partial charge in [0.25, 0.3) is 0 Å². The van der Waals surface area contributed by atoms with Gasteiger partial charge in [-0.25, -0.2) is 0 Å². The van der Waals surface area contributed by atoms with Crippen molar-refractivity contribution in [1.29, 1.82) is 0 Å². The molecule has 7 heteroatoms. The molecule has 1 fully saturated rings. The zero-order valence-corrected chi connectivity index (χ0v) is 17.1. The lowest BCUT2D eigenvalue weighted by atomic mass is 9.70. The van der Waals surface area contributed by atoms with Crippen LogP contribution < -0.4 is 14.2 Å². The molecule has 5 atom stereocenters. The Labute approximate surface area is 169 Å². The van der Waals surface area contributed by atoms with Crippen molar-refractivity contribution in [3.8, 4) is 17.2 Å². The van der Waals surface area contributed by atoms with E-state index in [9.17, 15) is 9.90 Å². The number of aliphatic hydroxyl groups excluding tert-OH is 1. The van der Waals surface area contributed by atoms with Crippen LogP contribution in [0.25, 0.3) is 0 Å². The minimum absolute atomic E-state index is 0.0993. The first-order valence-corrected chi connectivity index (χ1v) is 9.54. The number of ketones is 1. The van der Waals surface area contributed by atoms with Crippen LogP contribution in [0.3, 0.4) is 0 Å². The van der Waals surface area contributed by atoms with Gasteiger partial charge in [0.2, 0.25) is 18.3 Å². The van der Waals surface area contributed by atoms with Crippen LogP contribution in [-0.2, 0) is 14.3 Å². The SMILES string of the molecule is C=CC[C@@]12C=C(OC)C(=O)[C@@](OC)(C1O)[C@@H](c1cc(OC)c3c(c1)OCO3)[C@@H]2C. The molecular weight excluding hydrogens is 376 g/mol. The Morgan fingerprint density at radius 1 is 1.28 bits per heavy atom. The Hall–Kier alpha value is -2.51. The Balaban J connectivity index is 1.96. The third kappa shape index (κ3) is 2.34. The number of ether oxygens (including phenoxy) is 5. The summed E-state index contributed by atoms with van der Waals surface area (Å²) in [5.74, 6) is 0.759. The number of fused-ring (bicyclic) bond motifs is 3. The Kier molecular flexibility index (Phi) is 4.63. The van der Waals surface area contributed by atoms with Crippen LogP contribution >= 0.6 is 0 Å². The molecule has 0 spiro atoms. The van der Waals surface area contributed by atoms with Gasteiger partial charge >= 0.3 is 0 Å². The monoisotopic (exact) mass is 402 g/mol. The normalized spacial score (nSPS) is 34.7. The summed E-state index contributed by atoms with van der Waals surface area (Å²) < 4.78 is 27.8. The van der Waals surface area contributed by atoms with Crippen LogP contribution in [0, 0.1) is 11.3 Å². The third-order valence-electron chi connectivity index (χ3n) is 6.80. The van der Waals surface area contributed by atoms with E-state index in [4.69, 9.17) is 23.7 Å². The van der Waals surface area contributed by atoms with Gasteiger partial charge in [-0.15, -0.1) is 6.58 Å². The molecule has 29 heavy (non-hydrogen) atoms. The van der Waals surface area contributed by atoms with Crippen molar-refractivity contribution in [2.45, 2.75) is 31.0 Å². The summed E-state index contributed by atoms with van der Waals surface area (Å²) in [5.41, 5.74) is -1.49. The first-order chi connectivity index (χ1) is 13.9. The van der Waals surface area contributed by atoms with Gasteiger partial charge in [-0.05, 0) is 36.1 Å². The number of carbonyl (C=O) groups is 1. The quantitative estimate of drug-likeness (QED) is 0.732. The minimum atomic E-state index is -1.50. The summed E-state index contributed by atoms with van der Waals surface area (Å²) in [6, 6.07) is 3.66. The van der Waals surface area contributed by atoms with Gasteiger partial charge in [-0.1, -0.05) is 13.0 Å². The topological polar surface area (TPSA) is 83.5 Å². The molecule has 1 unspecified atom stereocenters. The Bertz CT molecular complexity index is 891. The smallest absolute Gasteiger partial charge is 0.232 e. The second kappa shape index (κ2) is 6.78. The molecule has 4 rings (SSSR count). The average Bonchev–Trinajstić information content (AvgIpc) is 3.24. The fourth-order valence-corrected chi connectivity index (χ4v) is 5.43. The molecule has 1 N–H and O–H groups in total. The van der Waals surface area contributed by atoms with Crippen LogP contribution in [-0.4, -0.2) is 50.7 Å². The Morgan fingerprint density at radius 3 is 2.66 bits per heavy atom. The van der Waals surface area contributed by atoms with Crippen molar-refractivity contribution in [2.24, 2.45) is 11.3 Å². The molecule has 0 amide bonds. The first kappa shape index (κ1) is 19.8. The summed E-state index contributed by atoms with van der Waals surface area (Å²) in [7, 11) is 4.45. The van der Waals surface area contributed by atoms with E-state index in [0.717, 1.165) is 5.56 Å². The van der Waals surface area contributed by atoms with Crippen LogP contribution in [0.5, 0.6) is 17.2 Å². The number of carbonyl (C=O) groups excluding carboxylic acids is 1. The Morgan fingerprint density at radius 2 is 2.03 bits per heavy atom. The number of allylic oxidation sites excluding steroid dienone is 1. The number of aliphatic hydroxyl groups is 1. The van der Waals surface area contributed by atoms with Crippen molar-refractivity contribution in [3.05, 3.63) is 42.2 Å². The molecule has 2 aliphatic carbocycles. The number of benzene rings is 1. The largest absolute Gasteiger partial charge is 0.493 e. The van der Waals surface area contributed by atoms with Gasteiger partial charge in [0.05, 0.1) is 14.2 Å². The van der Waals surface area contributed by atoms with Gasteiger partial charge in [0, 0.05) is 18.4 Å². The third-order valence-corrected chi connectivity index (χ3v) is 6.80. The maximum atomic E-state index is 13.5. The molecule has 1 saturated carbocycles.